The van der Waals surface area contributed by atoms with E-state index in [9.17, 15) is 9.59 Å². The van der Waals surface area contributed by atoms with Gasteiger partial charge in [0.2, 0.25) is 11.8 Å². The Balaban J connectivity index is 1.64. The molecular weight excluding hydrogens is 418 g/mol. The fourth-order valence-electron chi connectivity index (χ4n) is 4.87. The molecule has 1 N–H and O–H groups in total. The van der Waals surface area contributed by atoms with Crippen LogP contribution in [0.1, 0.15) is 91.8 Å². The van der Waals surface area contributed by atoms with Crippen molar-refractivity contribution in [3.8, 4) is 6.07 Å². The minimum atomic E-state index is -0.329. The van der Waals surface area contributed by atoms with Gasteiger partial charge in [0.25, 0.3) is 5.91 Å². The van der Waals surface area contributed by atoms with Crippen LogP contribution in [-0.4, -0.2) is 46.0 Å². The Hall–Kier alpha value is -3.21. The van der Waals surface area contributed by atoms with Gasteiger partial charge in [-0.1, -0.05) is 31.8 Å². The summed E-state index contributed by atoms with van der Waals surface area (Å²) < 4.78 is 5.56. The lowest BCUT2D eigenvalue weighted by molar-refractivity contribution is -0.126. The van der Waals surface area contributed by atoms with E-state index >= 15 is 0 Å². The number of rotatable bonds is 3. The molecule has 33 heavy (non-hydrogen) atoms. The molecule has 0 spiro atoms. The first kappa shape index (κ1) is 23.0. The molecule has 2 fully saturated rings. The van der Waals surface area contributed by atoms with Crippen molar-refractivity contribution in [1.29, 1.82) is 5.26 Å². The first-order valence-electron chi connectivity index (χ1n) is 11.9. The van der Waals surface area contributed by atoms with E-state index in [2.05, 4.69) is 21.5 Å². The number of hydrogen-bond donors (Lipinski definition) is 1. The Morgan fingerprint density at radius 1 is 1.18 bits per heavy atom. The molecule has 2 aliphatic rings. The third-order valence-corrected chi connectivity index (χ3v) is 6.74. The van der Waals surface area contributed by atoms with Gasteiger partial charge in [-0.3, -0.25) is 9.59 Å². The highest BCUT2D eigenvalue weighted by Gasteiger charge is 2.45. The normalized spacial score (nSPS) is 24.0. The van der Waals surface area contributed by atoms with Crippen molar-refractivity contribution in [2.24, 2.45) is 5.92 Å². The Morgan fingerprint density at radius 2 is 1.94 bits per heavy atom. The van der Waals surface area contributed by atoms with Crippen LogP contribution >= 0.6 is 0 Å². The van der Waals surface area contributed by atoms with Crippen molar-refractivity contribution in [2.75, 3.05) is 13.1 Å². The maximum absolute atomic E-state index is 13.6. The first-order chi connectivity index (χ1) is 16.0. The molecular formula is C25H31N5O3. The van der Waals surface area contributed by atoms with E-state index < -0.39 is 0 Å². The van der Waals surface area contributed by atoms with Gasteiger partial charge in [0, 0.05) is 36.5 Å². The van der Waals surface area contributed by atoms with E-state index in [1.807, 2.05) is 18.7 Å². The van der Waals surface area contributed by atoms with Crippen molar-refractivity contribution >= 4 is 11.8 Å². The van der Waals surface area contributed by atoms with Crippen LogP contribution in [0.5, 0.6) is 0 Å². The molecule has 0 radical (unpaired) electrons. The molecule has 2 amide bonds. The molecule has 2 aromatic rings. The number of aromatic nitrogens is 2. The highest BCUT2D eigenvalue weighted by molar-refractivity contribution is 5.95. The third-order valence-electron chi connectivity index (χ3n) is 6.74. The predicted molar refractivity (Wildman–Crippen MR) is 121 cm³/mol. The van der Waals surface area contributed by atoms with Crippen molar-refractivity contribution < 1.29 is 14.1 Å². The van der Waals surface area contributed by atoms with Crippen molar-refractivity contribution in [3.63, 3.8) is 0 Å². The smallest absolute Gasteiger partial charge is 0.254 e. The fourth-order valence-corrected chi connectivity index (χ4v) is 4.87. The Labute approximate surface area is 194 Å². The number of carbonyl (C=O) groups is 2. The van der Waals surface area contributed by atoms with Gasteiger partial charge in [-0.05, 0) is 49.9 Å². The van der Waals surface area contributed by atoms with E-state index in [1.54, 1.807) is 24.3 Å². The van der Waals surface area contributed by atoms with Gasteiger partial charge in [0.15, 0.2) is 5.82 Å². The number of hydrogen-bond acceptors (Lipinski definition) is 6. The highest BCUT2D eigenvalue weighted by atomic mass is 16.5. The standard InChI is InChI=1S/C25H31N5O3/c1-16(2)22-28-24(33-29-22)19-13-20-21(14-19)30(12-6-4-3-5-11-27-23(20)31)25(32)18-9-7-17(15-26)8-10-18/h7-10,16,19-21H,3-6,11-14H2,1-2H3,(H,27,31). The number of benzene rings is 1. The summed E-state index contributed by atoms with van der Waals surface area (Å²) in [6.45, 7) is 5.28. The Morgan fingerprint density at radius 3 is 2.64 bits per heavy atom. The topological polar surface area (TPSA) is 112 Å². The lowest BCUT2D eigenvalue weighted by Crippen LogP contribution is -2.47. The first-order valence-corrected chi connectivity index (χ1v) is 11.9. The number of amides is 2. The zero-order chi connectivity index (χ0) is 23.4. The summed E-state index contributed by atoms with van der Waals surface area (Å²) in [7, 11) is 0. The molecule has 174 valence electrons. The predicted octanol–water partition coefficient (Wildman–Crippen LogP) is 3.76. The molecule has 1 aromatic heterocycles. The molecule has 0 bridgehead atoms. The van der Waals surface area contributed by atoms with Crippen molar-refractivity contribution in [1.82, 2.24) is 20.4 Å². The number of nitrogens with zero attached hydrogens (tertiary/aromatic N) is 4. The van der Waals surface area contributed by atoms with E-state index in [0.29, 0.717) is 48.8 Å². The van der Waals surface area contributed by atoms with E-state index in [0.717, 1.165) is 25.7 Å². The molecule has 4 rings (SSSR count). The summed E-state index contributed by atoms with van der Waals surface area (Å²) in [6, 6.07) is 8.55. The second-order valence-corrected chi connectivity index (χ2v) is 9.38. The van der Waals surface area contributed by atoms with Crippen LogP contribution in [-0.2, 0) is 4.79 Å². The van der Waals surface area contributed by atoms with Gasteiger partial charge >= 0.3 is 0 Å². The van der Waals surface area contributed by atoms with Gasteiger partial charge in [0.1, 0.15) is 0 Å². The van der Waals surface area contributed by atoms with Crippen LogP contribution in [0.15, 0.2) is 28.8 Å². The molecule has 1 aliphatic heterocycles. The van der Waals surface area contributed by atoms with Gasteiger partial charge in [-0.25, -0.2) is 0 Å². The summed E-state index contributed by atoms with van der Waals surface area (Å²) in [5.74, 6) is 0.869. The SMILES string of the molecule is CC(C)c1noc(C2CC3C(=O)NCCCCCCN(C(=O)c4ccc(C#N)cc4)C3C2)n1. The molecule has 3 atom stereocenters. The van der Waals surface area contributed by atoms with E-state index in [4.69, 9.17) is 9.78 Å². The molecule has 8 nitrogen and oxygen atoms in total. The number of carbonyl (C=O) groups excluding carboxylic acids is 2. The van der Waals surface area contributed by atoms with Gasteiger partial charge < -0.3 is 14.7 Å². The maximum atomic E-state index is 13.6. The Kier molecular flexibility index (Phi) is 7.07. The van der Waals surface area contributed by atoms with Crippen LogP contribution in [0.25, 0.3) is 0 Å². The summed E-state index contributed by atoms with van der Waals surface area (Å²) >= 11 is 0. The number of nitriles is 1. The zero-order valence-electron chi connectivity index (χ0n) is 19.3. The number of nitrogens with one attached hydrogen (secondary N) is 1. The van der Waals surface area contributed by atoms with Crippen LogP contribution < -0.4 is 5.32 Å². The monoisotopic (exact) mass is 449 g/mol. The molecule has 2 heterocycles. The van der Waals surface area contributed by atoms with Crippen LogP contribution in [0, 0.1) is 17.2 Å². The highest BCUT2D eigenvalue weighted by Crippen LogP contribution is 2.41. The summed E-state index contributed by atoms with van der Waals surface area (Å²) in [5, 5.41) is 16.3. The minimum absolute atomic E-state index is 0.00868. The van der Waals surface area contributed by atoms with Crippen LogP contribution in [0.3, 0.4) is 0 Å². The number of fused-ring (bicyclic) bond motifs is 1. The average Bonchev–Trinajstić information content (AvgIpc) is 3.47. The van der Waals surface area contributed by atoms with Crippen molar-refractivity contribution in [3.05, 3.63) is 47.1 Å². The third kappa shape index (κ3) is 5.08. The summed E-state index contributed by atoms with van der Waals surface area (Å²) in [4.78, 5) is 33.2. The molecule has 1 saturated heterocycles. The molecule has 3 unspecified atom stereocenters. The summed E-state index contributed by atoms with van der Waals surface area (Å²) in [5.41, 5.74) is 1.05. The van der Waals surface area contributed by atoms with Crippen LogP contribution in [0.4, 0.5) is 0 Å². The van der Waals surface area contributed by atoms with Crippen molar-refractivity contribution in [2.45, 2.75) is 70.3 Å². The minimum Gasteiger partial charge on any atom is -0.356 e. The fraction of sp³-hybridized carbons (Fsp3) is 0.560. The second-order valence-electron chi connectivity index (χ2n) is 9.38. The maximum Gasteiger partial charge on any atom is 0.254 e. The van der Waals surface area contributed by atoms with Gasteiger partial charge in [0.05, 0.1) is 17.6 Å². The van der Waals surface area contributed by atoms with Gasteiger partial charge in [-0.2, -0.15) is 10.2 Å². The largest absolute Gasteiger partial charge is 0.356 e. The Bertz CT molecular complexity index is 1020. The second kappa shape index (κ2) is 10.2. The lowest BCUT2D eigenvalue weighted by Gasteiger charge is -2.32. The van der Waals surface area contributed by atoms with Gasteiger partial charge in [-0.15, -0.1) is 0 Å². The van der Waals surface area contributed by atoms with E-state index in [1.165, 1.54) is 0 Å². The molecule has 1 aliphatic carbocycles. The molecule has 1 saturated carbocycles. The van der Waals surface area contributed by atoms with Crippen LogP contribution in [0.2, 0.25) is 0 Å². The molecule has 1 aromatic carbocycles. The molecule has 8 heteroatoms. The summed E-state index contributed by atoms with van der Waals surface area (Å²) in [6.07, 6.45) is 5.05. The zero-order valence-corrected chi connectivity index (χ0v) is 19.3. The quantitative estimate of drug-likeness (QED) is 0.763. The van der Waals surface area contributed by atoms with E-state index in [-0.39, 0.29) is 35.6 Å². The lowest BCUT2D eigenvalue weighted by atomic mass is 9.99. The average molecular weight is 450 g/mol.